The third-order valence-electron chi connectivity index (χ3n) is 4.57. The number of hydrogen-bond donors (Lipinski definition) is 3. The highest BCUT2D eigenvalue weighted by Gasteiger charge is 2.16. The minimum Gasteiger partial charge on any atom is -0.504 e. The van der Waals surface area contributed by atoms with Crippen molar-refractivity contribution in [3.05, 3.63) is 107 Å². The summed E-state index contributed by atoms with van der Waals surface area (Å²) in [6, 6.07) is 22.7. The molecule has 0 bridgehead atoms. The number of halogens is 1. The summed E-state index contributed by atoms with van der Waals surface area (Å²) >= 11 is 6.07. The quantitative estimate of drug-likeness (QED) is 0.296. The van der Waals surface area contributed by atoms with Crippen LogP contribution in [0.5, 0.6) is 5.75 Å². The number of aromatic hydroxyl groups is 1. The Bertz CT molecular complexity index is 1330. The Labute approximate surface area is 194 Å². The van der Waals surface area contributed by atoms with E-state index in [4.69, 9.17) is 11.6 Å². The molecular formula is C24H18ClN5O3. The second-order valence-electron chi connectivity index (χ2n) is 6.90. The largest absolute Gasteiger partial charge is 0.504 e. The molecule has 164 valence electrons. The van der Waals surface area contributed by atoms with Crippen LogP contribution < -0.4 is 10.7 Å². The van der Waals surface area contributed by atoms with E-state index in [0.29, 0.717) is 27.5 Å². The van der Waals surface area contributed by atoms with Crippen molar-refractivity contribution < 1.29 is 14.7 Å². The fourth-order valence-electron chi connectivity index (χ4n) is 3.00. The monoisotopic (exact) mass is 459 g/mol. The van der Waals surface area contributed by atoms with E-state index in [9.17, 15) is 14.7 Å². The standard InChI is InChI=1S/C24H18ClN5O3/c25-20-12-5-4-11-19(20)23(32)27-17-8-6-7-16(13-17)14-26-28-24(33)22-21(31)15-30(29-22)18-9-2-1-3-10-18/h1-15,31H,(H,27,32)(H,28,33)/b26-14+. The van der Waals surface area contributed by atoms with Crippen LogP contribution in [0.4, 0.5) is 5.69 Å². The molecule has 0 fully saturated rings. The molecule has 0 atom stereocenters. The first-order valence-electron chi connectivity index (χ1n) is 9.84. The van der Waals surface area contributed by atoms with E-state index in [0.717, 1.165) is 0 Å². The maximum atomic E-state index is 12.4. The van der Waals surface area contributed by atoms with E-state index >= 15 is 0 Å². The molecule has 0 saturated heterocycles. The Kier molecular flexibility index (Phi) is 6.47. The number of hydrazone groups is 1. The molecular weight excluding hydrogens is 442 g/mol. The van der Waals surface area contributed by atoms with E-state index < -0.39 is 5.91 Å². The summed E-state index contributed by atoms with van der Waals surface area (Å²) in [5.41, 5.74) is 4.41. The van der Waals surface area contributed by atoms with Crippen LogP contribution in [0.2, 0.25) is 5.02 Å². The first-order chi connectivity index (χ1) is 16.0. The van der Waals surface area contributed by atoms with Gasteiger partial charge < -0.3 is 10.4 Å². The van der Waals surface area contributed by atoms with Crippen molar-refractivity contribution in [1.82, 2.24) is 15.2 Å². The zero-order chi connectivity index (χ0) is 23.2. The summed E-state index contributed by atoms with van der Waals surface area (Å²) in [5.74, 6) is -1.27. The van der Waals surface area contributed by atoms with Crippen molar-refractivity contribution in [1.29, 1.82) is 0 Å². The van der Waals surface area contributed by atoms with Gasteiger partial charge in [-0.05, 0) is 42.0 Å². The molecule has 0 aliphatic carbocycles. The van der Waals surface area contributed by atoms with Gasteiger partial charge in [0.15, 0.2) is 11.4 Å². The van der Waals surface area contributed by atoms with Crippen molar-refractivity contribution in [3.63, 3.8) is 0 Å². The Morgan fingerprint density at radius 2 is 1.73 bits per heavy atom. The topological polar surface area (TPSA) is 109 Å². The molecule has 3 N–H and O–H groups in total. The summed E-state index contributed by atoms with van der Waals surface area (Å²) in [7, 11) is 0. The Balaban J connectivity index is 1.41. The average Bonchev–Trinajstić information content (AvgIpc) is 3.22. The van der Waals surface area contributed by atoms with Crippen molar-refractivity contribution in [2.24, 2.45) is 5.10 Å². The lowest BCUT2D eigenvalue weighted by Crippen LogP contribution is -2.18. The summed E-state index contributed by atoms with van der Waals surface area (Å²) in [4.78, 5) is 24.8. The van der Waals surface area contributed by atoms with Crippen LogP contribution >= 0.6 is 11.6 Å². The van der Waals surface area contributed by atoms with Gasteiger partial charge in [-0.3, -0.25) is 9.59 Å². The fourth-order valence-corrected chi connectivity index (χ4v) is 3.22. The van der Waals surface area contributed by atoms with Crippen LogP contribution in [0.25, 0.3) is 5.69 Å². The van der Waals surface area contributed by atoms with Crippen LogP contribution in [0.1, 0.15) is 26.4 Å². The molecule has 0 unspecified atom stereocenters. The van der Waals surface area contributed by atoms with E-state index in [1.165, 1.54) is 17.1 Å². The lowest BCUT2D eigenvalue weighted by Gasteiger charge is -2.07. The van der Waals surface area contributed by atoms with Gasteiger partial charge in [-0.1, -0.05) is 54.1 Å². The minimum atomic E-state index is -0.665. The predicted octanol–water partition coefficient (Wildman–Crippen LogP) is 4.25. The van der Waals surface area contributed by atoms with Gasteiger partial charge in [0.25, 0.3) is 11.8 Å². The fraction of sp³-hybridized carbons (Fsp3) is 0. The van der Waals surface area contributed by atoms with E-state index in [1.54, 1.807) is 60.7 Å². The number of carbonyl (C=O) groups excluding carboxylic acids is 2. The molecule has 0 spiro atoms. The normalized spacial score (nSPS) is 10.8. The van der Waals surface area contributed by atoms with Crippen molar-refractivity contribution in [2.75, 3.05) is 5.32 Å². The van der Waals surface area contributed by atoms with Gasteiger partial charge in [0, 0.05) is 5.69 Å². The number of amides is 2. The molecule has 0 aliphatic heterocycles. The van der Waals surface area contributed by atoms with E-state index in [1.807, 2.05) is 18.2 Å². The van der Waals surface area contributed by atoms with Gasteiger partial charge in [-0.15, -0.1) is 0 Å². The maximum absolute atomic E-state index is 12.4. The molecule has 8 nitrogen and oxygen atoms in total. The SMILES string of the molecule is O=C(Nc1cccc(/C=N/NC(=O)c2nn(-c3ccccc3)cc2O)c1)c1ccccc1Cl. The zero-order valence-corrected chi connectivity index (χ0v) is 17.9. The lowest BCUT2D eigenvalue weighted by atomic mass is 10.2. The number of anilines is 1. The van der Waals surface area contributed by atoms with Crippen LogP contribution in [-0.2, 0) is 0 Å². The van der Waals surface area contributed by atoms with Crippen LogP contribution in [0, 0.1) is 0 Å². The van der Waals surface area contributed by atoms with E-state index in [-0.39, 0.29) is 17.4 Å². The second-order valence-corrected chi connectivity index (χ2v) is 7.31. The number of hydrogen-bond acceptors (Lipinski definition) is 5. The second kappa shape index (κ2) is 9.80. The molecule has 0 radical (unpaired) electrons. The van der Waals surface area contributed by atoms with Gasteiger partial charge in [-0.2, -0.15) is 10.2 Å². The van der Waals surface area contributed by atoms with E-state index in [2.05, 4.69) is 20.9 Å². The summed E-state index contributed by atoms with van der Waals surface area (Å²) < 4.78 is 1.40. The molecule has 3 aromatic carbocycles. The van der Waals surface area contributed by atoms with Crippen molar-refractivity contribution >= 4 is 35.3 Å². The summed E-state index contributed by atoms with van der Waals surface area (Å²) in [5, 5.41) is 21.2. The number of rotatable bonds is 6. The number of nitrogens with zero attached hydrogens (tertiary/aromatic N) is 3. The molecule has 1 aromatic heterocycles. The number of benzene rings is 3. The smallest absolute Gasteiger partial charge is 0.295 e. The highest BCUT2D eigenvalue weighted by Crippen LogP contribution is 2.19. The van der Waals surface area contributed by atoms with Crippen LogP contribution in [-0.4, -0.2) is 32.9 Å². The van der Waals surface area contributed by atoms with Crippen molar-refractivity contribution in [3.8, 4) is 11.4 Å². The molecule has 0 aliphatic rings. The van der Waals surface area contributed by atoms with Crippen molar-refractivity contribution in [2.45, 2.75) is 0 Å². The van der Waals surface area contributed by atoms with Gasteiger partial charge in [0.05, 0.1) is 28.7 Å². The highest BCUT2D eigenvalue weighted by atomic mass is 35.5. The summed E-state index contributed by atoms with van der Waals surface area (Å²) in [6.45, 7) is 0. The lowest BCUT2D eigenvalue weighted by molar-refractivity contribution is 0.0946. The minimum absolute atomic E-state index is 0.156. The molecule has 9 heteroatoms. The van der Waals surface area contributed by atoms with Crippen LogP contribution in [0.15, 0.2) is 90.2 Å². The number of aromatic nitrogens is 2. The molecule has 0 saturated carbocycles. The van der Waals surface area contributed by atoms with Gasteiger partial charge >= 0.3 is 0 Å². The van der Waals surface area contributed by atoms with Crippen LogP contribution in [0.3, 0.4) is 0 Å². The first kappa shape index (κ1) is 21.8. The Morgan fingerprint density at radius 3 is 2.52 bits per heavy atom. The summed E-state index contributed by atoms with van der Waals surface area (Å²) in [6.07, 6.45) is 2.76. The Hall–Kier alpha value is -4.43. The van der Waals surface area contributed by atoms with Gasteiger partial charge in [0.1, 0.15) is 0 Å². The van der Waals surface area contributed by atoms with Gasteiger partial charge in [0.2, 0.25) is 0 Å². The Morgan fingerprint density at radius 1 is 0.970 bits per heavy atom. The number of para-hydroxylation sites is 1. The number of nitrogens with one attached hydrogen (secondary N) is 2. The zero-order valence-electron chi connectivity index (χ0n) is 17.1. The maximum Gasteiger partial charge on any atom is 0.295 e. The molecule has 2 amide bonds. The highest BCUT2D eigenvalue weighted by molar-refractivity contribution is 6.34. The third-order valence-corrected chi connectivity index (χ3v) is 4.90. The molecule has 4 rings (SSSR count). The first-order valence-corrected chi connectivity index (χ1v) is 10.2. The predicted molar refractivity (Wildman–Crippen MR) is 126 cm³/mol. The third kappa shape index (κ3) is 5.25. The molecule has 4 aromatic rings. The van der Waals surface area contributed by atoms with Gasteiger partial charge in [-0.25, -0.2) is 10.1 Å². The molecule has 1 heterocycles. The molecule has 33 heavy (non-hydrogen) atoms. The number of carbonyl (C=O) groups is 2. The average molecular weight is 460 g/mol.